The van der Waals surface area contributed by atoms with Crippen molar-refractivity contribution in [2.24, 2.45) is 0 Å². The van der Waals surface area contributed by atoms with E-state index < -0.39 is 23.5 Å². The van der Waals surface area contributed by atoms with E-state index in [0.29, 0.717) is 23.7 Å². The number of cyclic esters (lactones) is 2. The summed E-state index contributed by atoms with van der Waals surface area (Å²) < 4.78 is 35.4. The number of carbonyl (C=O) groups excluding carboxylic acids is 2. The van der Waals surface area contributed by atoms with Crippen LogP contribution in [-0.2, 0) is 25.7 Å². The summed E-state index contributed by atoms with van der Waals surface area (Å²) in [5.74, 6) is -2.62. The highest BCUT2D eigenvalue weighted by atomic mass is 35.5. The Morgan fingerprint density at radius 3 is 2.40 bits per heavy atom. The minimum Gasteiger partial charge on any atom is -0.490 e. The molecule has 0 spiro atoms. The molecule has 158 valence electrons. The normalized spacial score (nSPS) is 15.3. The molecule has 3 rings (SSSR count). The van der Waals surface area contributed by atoms with Crippen molar-refractivity contribution in [3.63, 3.8) is 0 Å². The zero-order chi connectivity index (χ0) is 21.9. The second-order valence-electron chi connectivity index (χ2n) is 6.86. The van der Waals surface area contributed by atoms with E-state index in [9.17, 15) is 14.0 Å². The molecule has 0 amide bonds. The summed E-state index contributed by atoms with van der Waals surface area (Å²) in [5.41, 5.74) is 0.491. The molecule has 0 saturated carbocycles. The van der Waals surface area contributed by atoms with Gasteiger partial charge < -0.3 is 18.9 Å². The highest BCUT2D eigenvalue weighted by molar-refractivity contribution is 6.31. The van der Waals surface area contributed by atoms with Crippen LogP contribution in [0.2, 0.25) is 5.02 Å². The highest BCUT2D eigenvalue weighted by Crippen LogP contribution is 2.32. The first-order chi connectivity index (χ1) is 14.2. The number of ether oxygens (including phenoxy) is 4. The third-order valence-corrected chi connectivity index (χ3v) is 4.48. The Kier molecular flexibility index (Phi) is 6.31. The molecule has 6 nitrogen and oxygen atoms in total. The molecule has 0 bridgehead atoms. The Bertz CT molecular complexity index is 972. The van der Waals surface area contributed by atoms with E-state index in [0.717, 1.165) is 0 Å². The molecule has 0 aliphatic carbocycles. The van der Waals surface area contributed by atoms with Gasteiger partial charge in [0.25, 0.3) is 5.79 Å². The molecule has 0 aromatic heterocycles. The fraction of sp³-hybridized carbons (Fsp3) is 0.273. The van der Waals surface area contributed by atoms with Crippen molar-refractivity contribution in [2.75, 3.05) is 6.61 Å². The van der Waals surface area contributed by atoms with E-state index >= 15 is 0 Å². The standard InChI is InChI=1S/C22H20ClFO6/c1-4-27-19-11-13(10-14-20(25)29-22(2,3)30-21(14)26)8-9-18(19)28-12-15-16(23)6-5-7-17(15)24/h5-11H,4,12H2,1-3H3. The van der Waals surface area contributed by atoms with Crippen molar-refractivity contribution in [3.8, 4) is 11.5 Å². The van der Waals surface area contributed by atoms with Gasteiger partial charge in [-0.05, 0) is 42.8 Å². The van der Waals surface area contributed by atoms with Gasteiger partial charge in [-0.2, -0.15) is 0 Å². The van der Waals surface area contributed by atoms with Gasteiger partial charge in [0, 0.05) is 19.4 Å². The van der Waals surface area contributed by atoms with Crippen molar-refractivity contribution >= 4 is 29.6 Å². The fourth-order valence-corrected chi connectivity index (χ4v) is 2.98. The smallest absolute Gasteiger partial charge is 0.348 e. The lowest BCUT2D eigenvalue weighted by molar-refractivity contribution is -0.222. The molecule has 30 heavy (non-hydrogen) atoms. The van der Waals surface area contributed by atoms with Crippen molar-refractivity contribution in [3.05, 3.63) is 63.9 Å². The van der Waals surface area contributed by atoms with Gasteiger partial charge in [0.15, 0.2) is 11.5 Å². The van der Waals surface area contributed by atoms with Crippen LogP contribution in [0, 0.1) is 5.82 Å². The molecule has 0 radical (unpaired) electrons. The Morgan fingerprint density at radius 1 is 1.07 bits per heavy atom. The monoisotopic (exact) mass is 434 g/mol. The van der Waals surface area contributed by atoms with Crippen LogP contribution in [0.3, 0.4) is 0 Å². The second-order valence-corrected chi connectivity index (χ2v) is 7.27. The second kappa shape index (κ2) is 8.75. The molecule has 1 aliphatic rings. The van der Waals surface area contributed by atoms with Crippen LogP contribution in [0.5, 0.6) is 11.5 Å². The molecule has 0 N–H and O–H groups in total. The van der Waals surface area contributed by atoms with E-state index in [1.54, 1.807) is 31.2 Å². The van der Waals surface area contributed by atoms with Crippen LogP contribution in [0.1, 0.15) is 31.9 Å². The number of benzene rings is 2. The van der Waals surface area contributed by atoms with E-state index in [-0.39, 0.29) is 22.8 Å². The summed E-state index contributed by atoms with van der Waals surface area (Å²) >= 11 is 6.03. The summed E-state index contributed by atoms with van der Waals surface area (Å²) in [4.78, 5) is 24.3. The summed E-state index contributed by atoms with van der Waals surface area (Å²) in [5, 5.41) is 0.256. The molecular formula is C22H20ClFO6. The predicted molar refractivity (Wildman–Crippen MR) is 108 cm³/mol. The molecule has 1 saturated heterocycles. The third-order valence-electron chi connectivity index (χ3n) is 4.13. The summed E-state index contributed by atoms with van der Waals surface area (Å²) in [7, 11) is 0. The lowest BCUT2D eigenvalue weighted by atomic mass is 10.1. The quantitative estimate of drug-likeness (QED) is 0.373. The zero-order valence-corrected chi connectivity index (χ0v) is 17.4. The molecule has 8 heteroatoms. The summed E-state index contributed by atoms with van der Waals surface area (Å²) in [6.07, 6.45) is 1.35. The number of rotatable bonds is 6. The first-order valence-electron chi connectivity index (χ1n) is 9.21. The first kappa shape index (κ1) is 21.6. The van der Waals surface area contributed by atoms with Crippen molar-refractivity contribution in [2.45, 2.75) is 33.2 Å². The average Bonchev–Trinajstić information content (AvgIpc) is 2.65. The maximum atomic E-state index is 14.0. The van der Waals surface area contributed by atoms with Gasteiger partial charge >= 0.3 is 11.9 Å². The molecule has 1 aliphatic heterocycles. The van der Waals surface area contributed by atoms with Crippen LogP contribution < -0.4 is 9.47 Å². The van der Waals surface area contributed by atoms with Crippen LogP contribution in [0.25, 0.3) is 6.08 Å². The topological polar surface area (TPSA) is 71.1 Å². The van der Waals surface area contributed by atoms with E-state index in [1.165, 1.54) is 32.1 Å². The first-order valence-corrected chi connectivity index (χ1v) is 9.59. The van der Waals surface area contributed by atoms with Crippen LogP contribution in [-0.4, -0.2) is 24.3 Å². The van der Waals surface area contributed by atoms with Gasteiger partial charge in [0.2, 0.25) is 0 Å². The van der Waals surface area contributed by atoms with Crippen molar-refractivity contribution in [1.29, 1.82) is 0 Å². The molecular weight excluding hydrogens is 415 g/mol. The summed E-state index contributed by atoms with van der Waals surface area (Å²) in [6, 6.07) is 9.19. The maximum absolute atomic E-state index is 14.0. The lowest BCUT2D eigenvalue weighted by Gasteiger charge is -2.29. The Hall–Kier alpha value is -3.06. The number of halogens is 2. The number of carbonyl (C=O) groups is 2. The van der Waals surface area contributed by atoms with E-state index in [1.807, 2.05) is 0 Å². The van der Waals surface area contributed by atoms with Gasteiger partial charge in [-0.3, -0.25) is 0 Å². The SMILES string of the molecule is CCOc1cc(C=C2C(=O)OC(C)(C)OC2=O)ccc1OCc1c(F)cccc1Cl. The van der Waals surface area contributed by atoms with E-state index in [4.69, 9.17) is 30.5 Å². The molecule has 1 heterocycles. The minimum atomic E-state index is -1.31. The van der Waals surface area contributed by atoms with Crippen molar-refractivity contribution in [1.82, 2.24) is 0 Å². The molecule has 2 aromatic carbocycles. The molecule has 2 aromatic rings. The Labute approximate surface area is 178 Å². The van der Waals surface area contributed by atoms with Gasteiger partial charge in [0.05, 0.1) is 11.6 Å². The summed E-state index contributed by atoms with van der Waals surface area (Å²) in [6.45, 7) is 4.98. The largest absolute Gasteiger partial charge is 0.490 e. The molecule has 1 fully saturated rings. The zero-order valence-electron chi connectivity index (χ0n) is 16.7. The average molecular weight is 435 g/mol. The Balaban J connectivity index is 1.85. The number of esters is 2. The Morgan fingerprint density at radius 2 is 1.77 bits per heavy atom. The molecule has 0 atom stereocenters. The van der Waals surface area contributed by atoms with Crippen molar-refractivity contribution < 1.29 is 32.9 Å². The fourth-order valence-electron chi connectivity index (χ4n) is 2.77. The number of hydrogen-bond acceptors (Lipinski definition) is 6. The predicted octanol–water partition coefficient (Wildman–Crippen LogP) is 4.68. The van der Waals surface area contributed by atoms with Gasteiger partial charge in [-0.1, -0.05) is 23.7 Å². The van der Waals surface area contributed by atoms with Gasteiger partial charge in [-0.15, -0.1) is 0 Å². The van der Waals surface area contributed by atoms with Gasteiger partial charge in [-0.25, -0.2) is 14.0 Å². The molecule has 0 unspecified atom stereocenters. The lowest BCUT2D eigenvalue weighted by Crippen LogP contribution is -2.41. The minimum absolute atomic E-state index is 0.0975. The number of hydrogen-bond donors (Lipinski definition) is 0. The van der Waals surface area contributed by atoms with Gasteiger partial charge in [0.1, 0.15) is 18.0 Å². The highest BCUT2D eigenvalue weighted by Gasteiger charge is 2.38. The maximum Gasteiger partial charge on any atom is 0.348 e. The van der Waals surface area contributed by atoms with E-state index in [2.05, 4.69) is 0 Å². The van der Waals surface area contributed by atoms with Crippen LogP contribution in [0.15, 0.2) is 42.0 Å². The van der Waals surface area contributed by atoms with Crippen LogP contribution >= 0.6 is 11.6 Å². The third kappa shape index (κ3) is 4.91. The van der Waals surface area contributed by atoms with Crippen LogP contribution in [0.4, 0.5) is 4.39 Å².